The van der Waals surface area contributed by atoms with Crippen LogP contribution in [0.1, 0.15) is 50.5 Å². The van der Waals surface area contributed by atoms with Crippen molar-refractivity contribution in [3.05, 3.63) is 35.4 Å². The molecule has 0 aliphatic rings. The topological polar surface area (TPSA) is 26.3 Å². The maximum atomic E-state index is 12.5. The molecule has 1 aromatic carbocycles. The van der Waals surface area contributed by atoms with Crippen molar-refractivity contribution in [2.45, 2.75) is 59.2 Å². The van der Waals surface area contributed by atoms with E-state index < -0.39 is 8.32 Å². The van der Waals surface area contributed by atoms with Gasteiger partial charge in [-0.25, -0.2) is 0 Å². The van der Waals surface area contributed by atoms with Gasteiger partial charge in [0.05, 0.1) is 6.61 Å². The Morgan fingerprint density at radius 3 is 2.29 bits per heavy atom. The normalized spacial score (nSPS) is 12.8. The van der Waals surface area contributed by atoms with Crippen LogP contribution in [0.5, 0.6) is 0 Å². The minimum atomic E-state index is -1.87. The number of hydrogen-bond donors (Lipinski definition) is 0. The summed E-state index contributed by atoms with van der Waals surface area (Å²) in [6, 6.07) is 7.92. The van der Waals surface area contributed by atoms with E-state index in [0.29, 0.717) is 5.92 Å². The van der Waals surface area contributed by atoms with E-state index in [9.17, 15) is 4.79 Å². The molecule has 0 aromatic heterocycles. The van der Waals surface area contributed by atoms with Gasteiger partial charge in [0.15, 0.2) is 14.1 Å². The summed E-state index contributed by atoms with van der Waals surface area (Å²) in [5.41, 5.74) is 1.96. The zero-order valence-electron chi connectivity index (χ0n) is 14.6. The molecule has 2 nitrogen and oxygen atoms in total. The smallest absolute Gasteiger partial charge is 0.192 e. The minimum Gasteiger partial charge on any atom is -0.409 e. The van der Waals surface area contributed by atoms with Crippen LogP contribution in [-0.4, -0.2) is 20.7 Å². The van der Waals surface area contributed by atoms with E-state index in [0.717, 1.165) is 17.5 Å². The van der Waals surface area contributed by atoms with E-state index in [2.05, 4.69) is 53.8 Å². The zero-order valence-corrected chi connectivity index (χ0v) is 15.6. The third-order valence-electron chi connectivity index (χ3n) is 4.32. The molecule has 1 aromatic rings. The van der Waals surface area contributed by atoms with E-state index >= 15 is 0 Å². The molecule has 0 fully saturated rings. The second-order valence-electron chi connectivity index (χ2n) is 7.73. The molecule has 0 radical (unpaired) electrons. The van der Waals surface area contributed by atoms with Crippen LogP contribution in [0.3, 0.4) is 0 Å². The van der Waals surface area contributed by atoms with Gasteiger partial charge in [-0.1, -0.05) is 58.9 Å². The molecular weight excluding hydrogens is 276 g/mol. The fourth-order valence-electron chi connectivity index (χ4n) is 1.95. The first-order valence-corrected chi connectivity index (χ1v) is 10.7. The van der Waals surface area contributed by atoms with Crippen molar-refractivity contribution in [1.82, 2.24) is 0 Å². The van der Waals surface area contributed by atoms with Crippen LogP contribution in [0, 0.1) is 5.92 Å². The SMILES string of the molecule is CC(C)Cc1ccccc1C(=O)CO[Si](C)(C)C(C)(C)C. The largest absolute Gasteiger partial charge is 0.409 e. The molecule has 3 heteroatoms. The number of hydrogen-bond acceptors (Lipinski definition) is 2. The molecule has 0 saturated heterocycles. The van der Waals surface area contributed by atoms with Gasteiger partial charge in [-0.15, -0.1) is 0 Å². The average molecular weight is 307 g/mol. The summed E-state index contributed by atoms with van der Waals surface area (Å²) in [5, 5.41) is 0.130. The van der Waals surface area contributed by atoms with Crippen LogP contribution >= 0.6 is 0 Å². The maximum Gasteiger partial charge on any atom is 0.192 e. The summed E-state index contributed by atoms with van der Waals surface area (Å²) in [7, 11) is -1.87. The molecule has 0 spiro atoms. The summed E-state index contributed by atoms with van der Waals surface area (Å²) >= 11 is 0. The Bertz CT molecular complexity index is 484. The van der Waals surface area contributed by atoms with Crippen molar-refractivity contribution in [3.8, 4) is 0 Å². The quantitative estimate of drug-likeness (QED) is 0.540. The fraction of sp³-hybridized carbons (Fsp3) is 0.611. The van der Waals surface area contributed by atoms with Gasteiger partial charge in [-0.05, 0) is 36.0 Å². The van der Waals surface area contributed by atoms with E-state index in [1.54, 1.807) is 0 Å². The summed E-state index contributed by atoms with van der Waals surface area (Å²) in [6.45, 7) is 15.5. The summed E-state index contributed by atoms with van der Waals surface area (Å²) in [6.07, 6.45) is 0.933. The number of ketones is 1. The average Bonchev–Trinajstić information content (AvgIpc) is 2.34. The van der Waals surface area contributed by atoms with E-state index in [1.807, 2.05) is 18.2 Å². The first-order chi connectivity index (χ1) is 9.54. The molecule has 118 valence electrons. The van der Waals surface area contributed by atoms with Gasteiger partial charge in [0, 0.05) is 5.56 Å². The van der Waals surface area contributed by atoms with Gasteiger partial charge in [0.1, 0.15) is 0 Å². The van der Waals surface area contributed by atoms with Crippen LogP contribution in [0.2, 0.25) is 18.1 Å². The van der Waals surface area contributed by atoms with Crippen molar-refractivity contribution >= 4 is 14.1 Å². The second kappa shape index (κ2) is 6.88. The maximum absolute atomic E-state index is 12.5. The third kappa shape index (κ3) is 5.08. The lowest BCUT2D eigenvalue weighted by molar-refractivity contribution is 0.0910. The van der Waals surface area contributed by atoms with E-state index in [-0.39, 0.29) is 17.4 Å². The molecule has 0 aliphatic heterocycles. The van der Waals surface area contributed by atoms with Gasteiger partial charge in [0.2, 0.25) is 0 Å². The lowest BCUT2D eigenvalue weighted by atomic mass is 9.96. The third-order valence-corrected chi connectivity index (χ3v) is 8.79. The zero-order chi connectivity index (χ0) is 16.3. The van der Waals surface area contributed by atoms with Gasteiger partial charge in [0.25, 0.3) is 0 Å². The number of rotatable bonds is 6. The summed E-state index contributed by atoms with van der Waals surface area (Å²) < 4.78 is 6.06. The molecule has 1 rings (SSSR count). The highest BCUT2D eigenvalue weighted by Gasteiger charge is 2.37. The lowest BCUT2D eigenvalue weighted by Crippen LogP contribution is -2.42. The van der Waals surface area contributed by atoms with Gasteiger partial charge in [-0.3, -0.25) is 4.79 Å². The van der Waals surface area contributed by atoms with Crippen LogP contribution in [0.15, 0.2) is 24.3 Å². The highest BCUT2D eigenvalue weighted by atomic mass is 28.4. The molecule has 21 heavy (non-hydrogen) atoms. The number of carbonyl (C=O) groups is 1. The molecule has 0 amide bonds. The first-order valence-electron chi connectivity index (χ1n) is 7.79. The Hall–Kier alpha value is -0.933. The van der Waals surface area contributed by atoms with Crippen molar-refractivity contribution < 1.29 is 9.22 Å². The van der Waals surface area contributed by atoms with E-state index in [1.165, 1.54) is 0 Å². The number of carbonyl (C=O) groups excluding carboxylic acids is 1. The van der Waals surface area contributed by atoms with E-state index in [4.69, 9.17) is 4.43 Å². The minimum absolute atomic E-state index is 0.107. The molecule has 0 atom stereocenters. The van der Waals surface area contributed by atoms with Crippen LogP contribution in [0.4, 0.5) is 0 Å². The van der Waals surface area contributed by atoms with Gasteiger partial charge < -0.3 is 4.43 Å². The molecular formula is C18H30O2Si. The van der Waals surface area contributed by atoms with Crippen molar-refractivity contribution in [2.75, 3.05) is 6.61 Å². The lowest BCUT2D eigenvalue weighted by Gasteiger charge is -2.35. The summed E-state index contributed by atoms with van der Waals surface area (Å²) in [5.74, 6) is 0.649. The monoisotopic (exact) mass is 306 g/mol. The predicted molar refractivity (Wildman–Crippen MR) is 92.5 cm³/mol. The van der Waals surface area contributed by atoms with Gasteiger partial charge in [-0.2, -0.15) is 0 Å². The van der Waals surface area contributed by atoms with Crippen molar-refractivity contribution in [2.24, 2.45) is 5.92 Å². The van der Waals surface area contributed by atoms with Crippen LogP contribution in [0.25, 0.3) is 0 Å². The first kappa shape index (κ1) is 18.1. The highest BCUT2D eigenvalue weighted by molar-refractivity contribution is 6.74. The fourth-order valence-corrected chi connectivity index (χ4v) is 2.88. The highest BCUT2D eigenvalue weighted by Crippen LogP contribution is 2.36. The molecule has 0 unspecified atom stereocenters. The molecule has 0 aliphatic carbocycles. The van der Waals surface area contributed by atoms with Crippen molar-refractivity contribution in [1.29, 1.82) is 0 Å². The molecule has 0 heterocycles. The number of benzene rings is 1. The number of Topliss-reactive ketones (excluding diaryl/α,β-unsaturated/α-hetero) is 1. The Morgan fingerprint density at radius 1 is 1.19 bits per heavy atom. The van der Waals surface area contributed by atoms with Crippen LogP contribution < -0.4 is 0 Å². The Labute approximate surface area is 131 Å². The van der Waals surface area contributed by atoms with Crippen molar-refractivity contribution in [3.63, 3.8) is 0 Å². The molecule has 0 bridgehead atoms. The predicted octanol–water partition coefficient (Wildman–Crippen LogP) is 5.09. The summed E-state index contributed by atoms with van der Waals surface area (Å²) in [4.78, 5) is 12.5. The Morgan fingerprint density at radius 2 is 1.76 bits per heavy atom. The van der Waals surface area contributed by atoms with Crippen LogP contribution in [-0.2, 0) is 10.8 Å². The second-order valence-corrected chi connectivity index (χ2v) is 12.5. The Kier molecular flexibility index (Phi) is 5.94. The molecule has 0 saturated carbocycles. The molecule has 0 N–H and O–H groups in total. The standard InChI is InChI=1S/C18H30O2Si/c1-14(2)12-15-10-8-9-11-16(15)17(19)13-20-21(6,7)18(3,4)5/h8-11,14H,12-13H2,1-7H3. The Balaban J connectivity index is 2.82. The van der Waals surface area contributed by atoms with Gasteiger partial charge >= 0.3 is 0 Å².